The molecule has 0 radical (unpaired) electrons. The lowest BCUT2D eigenvalue weighted by Crippen LogP contribution is -2.29. The van der Waals surface area contributed by atoms with E-state index in [0.717, 1.165) is 11.4 Å². The molecular weight excluding hydrogens is 218 g/mol. The molecule has 94 valence electrons. The van der Waals surface area contributed by atoms with Crippen molar-refractivity contribution in [3.63, 3.8) is 0 Å². The Balaban J connectivity index is 2.59. The van der Waals surface area contributed by atoms with Gasteiger partial charge in [-0.1, -0.05) is 0 Å². The van der Waals surface area contributed by atoms with Gasteiger partial charge in [-0.15, -0.1) is 0 Å². The van der Waals surface area contributed by atoms with Gasteiger partial charge in [0.15, 0.2) is 0 Å². The van der Waals surface area contributed by atoms with E-state index < -0.39 is 11.9 Å². The van der Waals surface area contributed by atoms with Crippen molar-refractivity contribution in [2.45, 2.75) is 26.8 Å². The van der Waals surface area contributed by atoms with Crippen molar-refractivity contribution in [1.82, 2.24) is 0 Å². The van der Waals surface area contributed by atoms with Crippen LogP contribution in [0.15, 0.2) is 24.3 Å². The van der Waals surface area contributed by atoms with Gasteiger partial charge in [-0.3, -0.25) is 4.79 Å². The number of rotatable bonds is 6. The molecule has 0 aliphatic rings. The molecule has 0 saturated carbocycles. The summed E-state index contributed by atoms with van der Waals surface area (Å²) in [4.78, 5) is 10.8. The topological polar surface area (TPSA) is 58.6 Å². The minimum absolute atomic E-state index is 0.120. The molecule has 0 aromatic heterocycles. The number of benzene rings is 1. The van der Waals surface area contributed by atoms with Crippen molar-refractivity contribution < 1.29 is 14.6 Å². The molecule has 2 unspecified atom stereocenters. The predicted octanol–water partition coefficient (Wildman–Crippen LogP) is 2.61. The molecule has 2 atom stereocenters. The molecule has 0 aliphatic carbocycles. The molecule has 2 N–H and O–H groups in total. The van der Waals surface area contributed by atoms with Crippen LogP contribution in [0.3, 0.4) is 0 Å². The molecule has 0 fully saturated rings. The highest BCUT2D eigenvalue weighted by atomic mass is 16.5. The van der Waals surface area contributed by atoms with Crippen molar-refractivity contribution in [3.05, 3.63) is 24.3 Å². The standard InChI is InChI=1S/C13H19NO3/c1-4-17-12-7-5-11(6-8-12)14-10(3)9(2)13(15)16/h5-10,14H,4H2,1-3H3,(H,15,16). The summed E-state index contributed by atoms with van der Waals surface area (Å²) in [5.74, 6) is -0.408. The molecule has 0 spiro atoms. The number of aliphatic carboxylic acids is 1. The summed E-state index contributed by atoms with van der Waals surface area (Å²) >= 11 is 0. The average molecular weight is 237 g/mol. The molecule has 17 heavy (non-hydrogen) atoms. The van der Waals surface area contributed by atoms with E-state index in [1.54, 1.807) is 6.92 Å². The molecule has 4 nitrogen and oxygen atoms in total. The first-order chi connectivity index (χ1) is 8.04. The summed E-state index contributed by atoms with van der Waals surface area (Å²) < 4.78 is 5.33. The normalized spacial score (nSPS) is 13.8. The van der Waals surface area contributed by atoms with Crippen LogP contribution < -0.4 is 10.1 Å². The maximum Gasteiger partial charge on any atom is 0.308 e. The van der Waals surface area contributed by atoms with E-state index in [0.29, 0.717) is 6.61 Å². The second-order valence-corrected chi connectivity index (χ2v) is 4.02. The molecule has 1 rings (SSSR count). The van der Waals surface area contributed by atoms with Crippen LogP contribution in [-0.2, 0) is 4.79 Å². The van der Waals surface area contributed by atoms with Gasteiger partial charge in [0.1, 0.15) is 5.75 Å². The van der Waals surface area contributed by atoms with Crippen molar-refractivity contribution in [2.75, 3.05) is 11.9 Å². The second-order valence-electron chi connectivity index (χ2n) is 4.02. The van der Waals surface area contributed by atoms with Crippen LogP contribution in [-0.4, -0.2) is 23.7 Å². The maximum atomic E-state index is 10.8. The van der Waals surface area contributed by atoms with Gasteiger partial charge in [0.2, 0.25) is 0 Å². The fourth-order valence-corrected chi connectivity index (χ4v) is 1.42. The number of anilines is 1. The monoisotopic (exact) mass is 237 g/mol. The first-order valence-electron chi connectivity index (χ1n) is 5.76. The highest BCUT2D eigenvalue weighted by molar-refractivity contribution is 5.71. The first kappa shape index (κ1) is 13.4. The van der Waals surface area contributed by atoms with Crippen molar-refractivity contribution in [2.24, 2.45) is 5.92 Å². The van der Waals surface area contributed by atoms with Gasteiger partial charge in [0, 0.05) is 11.7 Å². The Labute approximate surface area is 102 Å². The van der Waals surface area contributed by atoms with E-state index in [9.17, 15) is 4.79 Å². The van der Waals surface area contributed by atoms with E-state index >= 15 is 0 Å². The number of carbonyl (C=O) groups is 1. The second kappa shape index (κ2) is 6.13. The number of carboxylic acids is 1. The summed E-state index contributed by atoms with van der Waals surface area (Å²) in [6.45, 7) is 6.12. The Morgan fingerprint density at radius 1 is 1.35 bits per heavy atom. The molecule has 0 aliphatic heterocycles. The van der Waals surface area contributed by atoms with Crippen LogP contribution in [0, 0.1) is 5.92 Å². The Kier molecular flexibility index (Phi) is 4.82. The fraction of sp³-hybridized carbons (Fsp3) is 0.462. The lowest BCUT2D eigenvalue weighted by Gasteiger charge is -2.19. The van der Waals surface area contributed by atoms with E-state index in [1.165, 1.54) is 0 Å². The summed E-state index contributed by atoms with van der Waals surface area (Å²) in [5, 5.41) is 12.0. The van der Waals surface area contributed by atoms with Crippen LogP contribution in [0.4, 0.5) is 5.69 Å². The lowest BCUT2D eigenvalue weighted by atomic mass is 10.0. The van der Waals surface area contributed by atoms with E-state index in [1.807, 2.05) is 38.1 Å². The molecule has 0 saturated heterocycles. The predicted molar refractivity (Wildman–Crippen MR) is 67.5 cm³/mol. The van der Waals surface area contributed by atoms with Crippen LogP contribution >= 0.6 is 0 Å². The molecule has 0 bridgehead atoms. The van der Waals surface area contributed by atoms with Gasteiger partial charge in [0.05, 0.1) is 12.5 Å². The molecule has 4 heteroatoms. The van der Waals surface area contributed by atoms with Crippen LogP contribution in [0.1, 0.15) is 20.8 Å². The molecule has 1 aromatic carbocycles. The number of ether oxygens (including phenoxy) is 1. The molecule has 0 amide bonds. The third-order valence-electron chi connectivity index (χ3n) is 2.70. The van der Waals surface area contributed by atoms with Gasteiger partial charge in [0.25, 0.3) is 0 Å². The number of carboxylic acid groups (broad SMARTS) is 1. The minimum atomic E-state index is -0.795. The van der Waals surface area contributed by atoms with Crippen molar-refractivity contribution in [3.8, 4) is 5.75 Å². The van der Waals surface area contributed by atoms with Crippen molar-refractivity contribution in [1.29, 1.82) is 0 Å². The first-order valence-corrected chi connectivity index (χ1v) is 5.76. The van der Waals surface area contributed by atoms with Gasteiger partial charge < -0.3 is 15.2 Å². The fourth-order valence-electron chi connectivity index (χ4n) is 1.42. The van der Waals surface area contributed by atoms with Crippen molar-refractivity contribution >= 4 is 11.7 Å². The smallest absolute Gasteiger partial charge is 0.308 e. The lowest BCUT2D eigenvalue weighted by molar-refractivity contribution is -0.141. The summed E-state index contributed by atoms with van der Waals surface area (Å²) in [6, 6.07) is 7.38. The van der Waals surface area contributed by atoms with Gasteiger partial charge in [-0.2, -0.15) is 0 Å². The highest BCUT2D eigenvalue weighted by Crippen LogP contribution is 2.18. The molecular formula is C13H19NO3. The van der Waals surface area contributed by atoms with E-state index in [-0.39, 0.29) is 6.04 Å². The van der Waals surface area contributed by atoms with Gasteiger partial charge in [-0.25, -0.2) is 0 Å². The largest absolute Gasteiger partial charge is 0.494 e. The van der Waals surface area contributed by atoms with Crippen LogP contribution in [0.2, 0.25) is 0 Å². The maximum absolute atomic E-state index is 10.8. The Bertz CT molecular complexity index is 361. The third kappa shape index (κ3) is 3.98. The van der Waals surface area contributed by atoms with Gasteiger partial charge >= 0.3 is 5.97 Å². The third-order valence-corrected chi connectivity index (χ3v) is 2.70. The number of nitrogens with one attached hydrogen (secondary N) is 1. The number of hydrogen-bond acceptors (Lipinski definition) is 3. The summed E-state index contributed by atoms with van der Waals surface area (Å²) in [6.07, 6.45) is 0. The van der Waals surface area contributed by atoms with Gasteiger partial charge in [-0.05, 0) is 45.0 Å². The Hall–Kier alpha value is -1.71. The average Bonchev–Trinajstić information content (AvgIpc) is 2.30. The van der Waals surface area contributed by atoms with Crippen LogP contribution in [0.5, 0.6) is 5.75 Å². The SMILES string of the molecule is CCOc1ccc(NC(C)C(C)C(=O)O)cc1. The van der Waals surface area contributed by atoms with E-state index in [4.69, 9.17) is 9.84 Å². The quantitative estimate of drug-likeness (QED) is 0.798. The highest BCUT2D eigenvalue weighted by Gasteiger charge is 2.18. The van der Waals surface area contributed by atoms with Crippen LogP contribution in [0.25, 0.3) is 0 Å². The number of hydrogen-bond donors (Lipinski definition) is 2. The zero-order valence-electron chi connectivity index (χ0n) is 10.4. The summed E-state index contributed by atoms with van der Waals surface area (Å²) in [7, 11) is 0. The molecule has 0 heterocycles. The molecule has 1 aromatic rings. The minimum Gasteiger partial charge on any atom is -0.494 e. The zero-order chi connectivity index (χ0) is 12.8. The Morgan fingerprint density at radius 3 is 2.41 bits per heavy atom. The van der Waals surface area contributed by atoms with E-state index in [2.05, 4.69) is 5.32 Å². The summed E-state index contributed by atoms with van der Waals surface area (Å²) in [5.41, 5.74) is 0.897. The zero-order valence-corrected chi connectivity index (χ0v) is 10.4. The Morgan fingerprint density at radius 2 is 1.94 bits per heavy atom.